The van der Waals surface area contributed by atoms with Gasteiger partial charge in [0.25, 0.3) is 5.91 Å². The van der Waals surface area contributed by atoms with Gasteiger partial charge in [-0.25, -0.2) is 0 Å². The zero-order chi connectivity index (χ0) is 20.1. The number of furan rings is 1. The van der Waals surface area contributed by atoms with Gasteiger partial charge in [-0.1, -0.05) is 41.4 Å². The molecule has 28 heavy (non-hydrogen) atoms. The van der Waals surface area contributed by atoms with Gasteiger partial charge >= 0.3 is 0 Å². The molecule has 1 aromatic heterocycles. The highest BCUT2D eigenvalue weighted by molar-refractivity contribution is 6.34. The van der Waals surface area contributed by atoms with E-state index in [1.807, 2.05) is 25.1 Å². The molecule has 0 bridgehead atoms. The normalized spacial score (nSPS) is 12.0. The number of hydrogen-bond acceptors (Lipinski definition) is 3. The molecule has 0 radical (unpaired) electrons. The minimum atomic E-state index is -0.185. The van der Waals surface area contributed by atoms with Gasteiger partial charge < -0.3 is 15.1 Å². The first-order chi connectivity index (χ1) is 13.5. The predicted octanol–water partition coefficient (Wildman–Crippen LogP) is 5.51. The van der Waals surface area contributed by atoms with Crippen LogP contribution in [0.2, 0.25) is 5.02 Å². The molecule has 146 valence electrons. The Kier molecular flexibility index (Phi) is 6.55. The van der Waals surface area contributed by atoms with Crippen LogP contribution in [-0.2, 0) is 6.54 Å². The number of carbonyl (C=O) groups excluding carboxylic acids is 1. The van der Waals surface area contributed by atoms with Gasteiger partial charge in [0.2, 0.25) is 0 Å². The number of rotatable bonds is 7. The zero-order valence-corrected chi connectivity index (χ0v) is 17.1. The number of aryl methyl sites for hydroxylation is 1. The van der Waals surface area contributed by atoms with E-state index in [9.17, 15) is 4.79 Å². The average Bonchev–Trinajstić information content (AvgIpc) is 3.16. The Morgan fingerprint density at radius 1 is 1.11 bits per heavy atom. The summed E-state index contributed by atoms with van der Waals surface area (Å²) >= 11 is 6.17. The Labute approximate surface area is 170 Å². The molecule has 3 aromatic rings. The Balaban J connectivity index is 1.69. The third-order valence-electron chi connectivity index (χ3n) is 4.65. The number of amides is 1. The van der Waals surface area contributed by atoms with Crippen molar-refractivity contribution >= 4 is 17.5 Å². The fraction of sp³-hybridized carbons (Fsp3) is 0.261. The highest BCUT2D eigenvalue weighted by Gasteiger charge is 2.13. The van der Waals surface area contributed by atoms with Crippen molar-refractivity contribution in [3.05, 3.63) is 82.1 Å². The highest BCUT2D eigenvalue weighted by Crippen LogP contribution is 2.27. The molecule has 1 atom stereocenters. The van der Waals surface area contributed by atoms with Crippen LogP contribution in [0.1, 0.15) is 47.1 Å². The van der Waals surface area contributed by atoms with Crippen LogP contribution in [0.4, 0.5) is 0 Å². The second kappa shape index (κ2) is 9.09. The van der Waals surface area contributed by atoms with Gasteiger partial charge in [0.15, 0.2) is 0 Å². The van der Waals surface area contributed by atoms with Crippen molar-refractivity contribution < 1.29 is 9.21 Å². The lowest BCUT2D eigenvalue weighted by atomic mass is 10.1. The first-order valence-electron chi connectivity index (χ1n) is 9.44. The van der Waals surface area contributed by atoms with E-state index < -0.39 is 0 Å². The van der Waals surface area contributed by atoms with Crippen LogP contribution in [0.25, 0.3) is 11.3 Å². The van der Waals surface area contributed by atoms with E-state index >= 15 is 0 Å². The topological polar surface area (TPSA) is 54.3 Å². The number of halogens is 1. The molecule has 0 aliphatic carbocycles. The summed E-state index contributed by atoms with van der Waals surface area (Å²) in [5.41, 5.74) is 3.76. The lowest BCUT2D eigenvalue weighted by Gasteiger charge is -2.13. The summed E-state index contributed by atoms with van der Waals surface area (Å²) in [5.74, 6) is 1.36. The van der Waals surface area contributed by atoms with Crippen molar-refractivity contribution in [3.8, 4) is 11.3 Å². The third-order valence-corrected chi connectivity index (χ3v) is 4.98. The molecule has 1 amide bonds. The van der Waals surface area contributed by atoms with E-state index in [1.165, 1.54) is 11.1 Å². The van der Waals surface area contributed by atoms with Gasteiger partial charge in [0, 0.05) is 18.2 Å². The minimum Gasteiger partial charge on any atom is -0.460 e. The maximum atomic E-state index is 12.2. The summed E-state index contributed by atoms with van der Waals surface area (Å²) in [6.45, 7) is 7.26. The number of carbonyl (C=O) groups is 1. The molecule has 0 aliphatic rings. The maximum absolute atomic E-state index is 12.2. The van der Waals surface area contributed by atoms with E-state index in [4.69, 9.17) is 16.0 Å². The summed E-state index contributed by atoms with van der Waals surface area (Å²) < 4.78 is 5.97. The molecule has 2 aromatic carbocycles. The van der Waals surface area contributed by atoms with Crippen LogP contribution in [0.5, 0.6) is 0 Å². The summed E-state index contributed by atoms with van der Waals surface area (Å²) in [5, 5.41) is 6.68. The van der Waals surface area contributed by atoms with Gasteiger partial charge in [-0.15, -0.1) is 0 Å². The molecule has 0 spiro atoms. The number of benzene rings is 2. The average molecular weight is 397 g/mol. The molecule has 1 heterocycles. The SMILES string of the molecule is CCNC(=O)c1cc(-c2ccc(CNC(C)c3ccc(C)cc3)o2)ccc1Cl. The Morgan fingerprint density at radius 2 is 1.86 bits per heavy atom. The van der Waals surface area contributed by atoms with Crippen molar-refractivity contribution in [2.24, 2.45) is 0 Å². The first kappa shape index (κ1) is 20.2. The first-order valence-corrected chi connectivity index (χ1v) is 9.82. The van der Waals surface area contributed by atoms with Crippen molar-refractivity contribution in [2.75, 3.05) is 6.54 Å². The van der Waals surface area contributed by atoms with Gasteiger partial charge in [-0.2, -0.15) is 0 Å². The van der Waals surface area contributed by atoms with E-state index in [2.05, 4.69) is 48.7 Å². The van der Waals surface area contributed by atoms with Gasteiger partial charge in [0.1, 0.15) is 11.5 Å². The van der Waals surface area contributed by atoms with Crippen molar-refractivity contribution in [1.29, 1.82) is 0 Å². The smallest absolute Gasteiger partial charge is 0.252 e. The fourth-order valence-corrected chi connectivity index (χ4v) is 3.17. The van der Waals surface area contributed by atoms with E-state index in [0.717, 1.165) is 11.3 Å². The molecule has 0 aliphatic heterocycles. The number of hydrogen-bond donors (Lipinski definition) is 2. The summed E-state index contributed by atoms with van der Waals surface area (Å²) in [6.07, 6.45) is 0. The van der Waals surface area contributed by atoms with Crippen molar-refractivity contribution in [3.63, 3.8) is 0 Å². The molecule has 4 nitrogen and oxygen atoms in total. The Hall–Kier alpha value is -2.56. The molecule has 5 heteroatoms. The fourth-order valence-electron chi connectivity index (χ4n) is 2.96. The predicted molar refractivity (Wildman–Crippen MR) is 114 cm³/mol. The minimum absolute atomic E-state index is 0.185. The van der Waals surface area contributed by atoms with Crippen LogP contribution in [0.15, 0.2) is 59.0 Å². The van der Waals surface area contributed by atoms with Crippen LogP contribution < -0.4 is 10.6 Å². The molecule has 3 rings (SSSR count). The largest absolute Gasteiger partial charge is 0.460 e. The number of nitrogens with one attached hydrogen (secondary N) is 2. The molecule has 0 saturated carbocycles. The Bertz CT molecular complexity index is 947. The second-order valence-corrected chi connectivity index (χ2v) is 7.24. The van der Waals surface area contributed by atoms with Gasteiger partial charge in [-0.3, -0.25) is 4.79 Å². The molecular formula is C23H25ClN2O2. The molecule has 2 N–H and O–H groups in total. The highest BCUT2D eigenvalue weighted by atomic mass is 35.5. The van der Waals surface area contributed by atoms with Crippen LogP contribution in [-0.4, -0.2) is 12.5 Å². The third kappa shape index (κ3) is 4.83. The van der Waals surface area contributed by atoms with Crippen molar-refractivity contribution in [1.82, 2.24) is 10.6 Å². The monoisotopic (exact) mass is 396 g/mol. The lowest BCUT2D eigenvalue weighted by molar-refractivity contribution is 0.0956. The quantitative estimate of drug-likeness (QED) is 0.553. The van der Waals surface area contributed by atoms with Crippen LogP contribution in [0.3, 0.4) is 0 Å². The van der Waals surface area contributed by atoms with E-state index in [1.54, 1.807) is 12.1 Å². The van der Waals surface area contributed by atoms with Crippen molar-refractivity contribution in [2.45, 2.75) is 33.4 Å². The summed E-state index contributed by atoms with van der Waals surface area (Å²) in [4.78, 5) is 12.2. The molecule has 0 saturated heterocycles. The van der Waals surface area contributed by atoms with Gasteiger partial charge in [0.05, 0.1) is 17.1 Å². The maximum Gasteiger partial charge on any atom is 0.252 e. The second-order valence-electron chi connectivity index (χ2n) is 6.83. The van der Waals surface area contributed by atoms with Gasteiger partial charge in [-0.05, 0) is 56.7 Å². The molecule has 1 unspecified atom stereocenters. The van der Waals surface area contributed by atoms with Crippen LogP contribution >= 0.6 is 11.6 Å². The Morgan fingerprint density at radius 3 is 2.57 bits per heavy atom. The van der Waals surface area contributed by atoms with E-state index in [0.29, 0.717) is 29.4 Å². The van der Waals surface area contributed by atoms with Crippen LogP contribution in [0, 0.1) is 6.92 Å². The van der Waals surface area contributed by atoms with E-state index in [-0.39, 0.29) is 11.9 Å². The standard InChI is InChI=1S/C23H25ClN2O2/c1-4-25-23(27)20-13-18(9-11-21(20)24)22-12-10-19(28-22)14-26-16(3)17-7-5-15(2)6-8-17/h5-13,16,26H,4,14H2,1-3H3,(H,25,27). The summed E-state index contributed by atoms with van der Waals surface area (Å²) in [6, 6.07) is 17.9. The molecular weight excluding hydrogens is 372 g/mol. The molecule has 0 fully saturated rings. The zero-order valence-electron chi connectivity index (χ0n) is 16.4. The lowest BCUT2D eigenvalue weighted by Crippen LogP contribution is -2.22. The summed E-state index contributed by atoms with van der Waals surface area (Å²) in [7, 11) is 0.